The average molecular weight is 113 g/mol. The fraction of sp³-hybridized carbons (Fsp3) is 0.714. The fourth-order valence-corrected chi connectivity index (χ4v) is 0.875. The second-order valence-corrected chi connectivity index (χ2v) is 1.96. The van der Waals surface area contributed by atoms with Gasteiger partial charge in [0.15, 0.2) is 0 Å². The van der Waals surface area contributed by atoms with E-state index in [9.17, 15) is 0 Å². The molecule has 2 N–H and O–H groups in total. The van der Waals surface area contributed by atoms with Gasteiger partial charge in [-0.05, 0) is 32.7 Å². The van der Waals surface area contributed by atoms with E-state index in [1.807, 2.05) is 0 Å². The largest absolute Gasteiger partial charge is 0.333 e. The van der Waals surface area contributed by atoms with Crippen LogP contribution in [0.15, 0.2) is 12.2 Å². The van der Waals surface area contributed by atoms with Crippen molar-refractivity contribution < 1.29 is 0 Å². The Balaban J connectivity index is 0.000000222. The molecule has 0 amide bonds. The van der Waals surface area contributed by atoms with Gasteiger partial charge in [-0.25, -0.2) is 0 Å². The summed E-state index contributed by atoms with van der Waals surface area (Å²) >= 11 is 0. The molecule has 0 bridgehead atoms. The summed E-state index contributed by atoms with van der Waals surface area (Å²) < 4.78 is 0. The van der Waals surface area contributed by atoms with Crippen LogP contribution >= 0.6 is 0 Å². The van der Waals surface area contributed by atoms with Crippen LogP contribution in [0.5, 0.6) is 0 Å². The van der Waals surface area contributed by atoms with E-state index >= 15 is 0 Å². The molecule has 0 aliphatic heterocycles. The average Bonchev–Trinajstić information content (AvgIpc) is 2.24. The molecule has 8 heavy (non-hydrogen) atoms. The molecule has 1 nitrogen and oxygen atoms in total. The third kappa shape index (κ3) is 2.80. The van der Waals surface area contributed by atoms with Crippen LogP contribution in [0.25, 0.3) is 0 Å². The van der Waals surface area contributed by atoms with Crippen molar-refractivity contribution in [1.82, 2.24) is 0 Å². The van der Waals surface area contributed by atoms with Crippen molar-refractivity contribution in [2.75, 3.05) is 7.05 Å². The number of nitrogens with two attached hydrogens (primary N) is 1. The third-order valence-corrected chi connectivity index (χ3v) is 1.31. The molecule has 0 heterocycles. The van der Waals surface area contributed by atoms with Gasteiger partial charge in [0.2, 0.25) is 0 Å². The second-order valence-electron chi connectivity index (χ2n) is 1.96. The highest BCUT2D eigenvalue weighted by molar-refractivity contribution is 4.98. The summed E-state index contributed by atoms with van der Waals surface area (Å²) in [6.45, 7) is 3.85. The van der Waals surface area contributed by atoms with Crippen molar-refractivity contribution >= 4 is 0 Å². The van der Waals surface area contributed by atoms with Gasteiger partial charge < -0.3 is 5.73 Å². The lowest BCUT2D eigenvalue weighted by Crippen LogP contribution is -1.69. The first kappa shape index (κ1) is 7.70. The smallest absolute Gasteiger partial charge is 0.0195 e. The van der Waals surface area contributed by atoms with E-state index in [-0.39, 0.29) is 0 Å². The lowest BCUT2D eigenvalue weighted by atomic mass is 10.3. The van der Waals surface area contributed by atoms with Gasteiger partial charge in [-0.1, -0.05) is 12.2 Å². The van der Waals surface area contributed by atoms with Crippen LogP contribution in [-0.2, 0) is 0 Å². The first-order valence-corrected chi connectivity index (χ1v) is 3.14. The van der Waals surface area contributed by atoms with Crippen LogP contribution in [0.1, 0.15) is 25.7 Å². The third-order valence-electron chi connectivity index (χ3n) is 1.31. The number of rotatable bonds is 0. The molecule has 1 heteroatoms. The van der Waals surface area contributed by atoms with Crippen LogP contribution in [0.4, 0.5) is 0 Å². The zero-order chi connectivity index (χ0) is 6.41. The van der Waals surface area contributed by atoms with Gasteiger partial charge in [-0.15, -0.1) is 0 Å². The molecule has 48 valence electrons. The maximum atomic E-state index is 4.50. The summed E-state index contributed by atoms with van der Waals surface area (Å²) in [5.74, 6) is 0. The van der Waals surface area contributed by atoms with E-state index in [0.717, 1.165) is 0 Å². The fourth-order valence-electron chi connectivity index (χ4n) is 0.875. The van der Waals surface area contributed by atoms with Gasteiger partial charge in [0.1, 0.15) is 0 Å². The Morgan fingerprint density at radius 1 is 1.25 bits per heavy atom. The summed E-state index contributed by atoms with van der Waals surface area (Å²) in [7, 11) is 1.50. The van der Waals surface area contributed by atoms with E-state index in [1.165, 1.54) is 38.3 Å². The monoisotopic (exact) mass is 113 g/mol. The highest BCUT2D eigenvalue weighted by Crippen LogP contribution is 2.20. The van der Waals surface area contributed by atoms with Crippen molar-refractivity contribution in [3.63, 3.8) is 0 Å². The Labute approximate surface area is 51.6 Å². The molecule has 0 aromatic rings. The highest BCUT2D eigenvalue weighted by atomic mass is 14.4. The summed E-state index contributed by atoms with van der Waals surface area (Å²) in [5, 5.41) is 0. The van der Waals surface area contributed by atoms with Crippen molar-refractivity contribution in [3.8, 4) is 0 Å². The molecule has 1 rings (SSSR count). The number of hydrogen-bond acceptors (Lipinski definition) is 1. The Hall–Kier alpha value is -0.300. The van der Waals surface area contributed by atoms with Crippen molar-refractivity contribution in [1.29, 1.82) is 0 Å². The Kier molecular flexibility index (Phi) is 4.67. The van der Waals surface area contributed by atoms with Crippen LogP contribution in [0.3, 0.4) is 0 Å². The molecule has 0 spiro atoms. The standard InChI is InChI=1S/C6H10.CH5N/c1-6-4-2-3-5-6;1-2/h1-5H2;2H2,1H3. The van der Waals surface area contributed by atoms with Crippen molar-refractivity contribution in [2.24, 2.45) is 5.73 Å². The quantitative estimate of drug-likeness (QED) is 0.475. The summed E-state index contributed by atoms with van der Waals surface area (Å²) in [6, 6.07) is 0. The molecule has 1 aliphatic carbocycles. The van der Waals surface area contributed by atoms with Gasteiger partial charge in [0, 0.05) is 0 Å². The molecule has 0 aromatic carbocycles. The zero-order valence-corrected chi connectivity index (χ0v) is 5.61. The minimum Gasteiger partial charge on any atom is -0.333 e. The summed E-state index contributed by atoms with van der Waals surface area (Å²) in [6.07, 6.45) is 5.36. The molecule has 1 aliphatic rings. The molecule has 1 saturated carbocycles. The van der Waals surface area contributed by atoms with E-state index in [4.69, 9.17) is 0 Å². The van der Waals surface area contributed by atoms with Crippen molar-refractivity contribution in [3.05, 3.63) is 12.2 Å². The van der Waals surface area contributed by atoms with Gasteiger partial charge in [0.25, 0.3) is 0 Å². The van der Waals surface area contributed by atoms with Gasteiger partial charge in [-0.2, -0.15) is 0 Å². The maximum absolute atomic E-state index is 4.50. The zero-order valence-electron chi connectivity index (χ0n) is 5.61. The van der Waals surface area contributed by atoms with Crippen molar-refractivity contribution in [2.45, 2.75) is 25.7 Å². The Bertz CT molecular complexity index is 58.8. The van der Waals surface area contributed by atoms with Gasteiger partial charge >= 0.3 is 0 Å². The summed E-state index contributed by atoms with van der Waals surface area (Å²) in [5.41, 5.74) is 5.95. The predicted molar refractivity (Wildman–Crippen MR) is 37.7 cm³/mol. The van der Waals surface area contributed by atoms with E-state index in [1.54, 1.807) is 0 Å². The SMILES string of the molecule is C=C1CCCC1.CN. The van der Waals surface area contributed by atoms with Gasteiger partial charge in [-0.3, -0.25) is 0 Å². The minimum atomic E-state index is 1.29. The predicted octanol–water partition coefficient (Wildman–Crippen LogP) is 1.69. The highest BCUT2D eigenvalue weighted by Gasteiger charge is 2.01. The van der Waals surface area contributed by atoms with Crippen LogP contribution in [-0.4, -0.2) is 7.05 Å². The molecule has 0 unspecified atom stereocenters. The number of allylic oxidation sites excluding steroid dienone is 1. The topological polar surface area (TPSA) is 26.0 Å². The molecule has 0 radical (unpaired) electrons. The molecular weight excluding hydrogens is 98.1 g/mol. The first-order valence-electron chi connectivity index (χ1n) is 3.14. The van der Waals surface area contributed by atoms with E-state index < -0.39 is 0 Å². The normalized spacial score (nSPS) is 17.5. The number of hydrogen-bond donors (Lipinski definition) is 1. The maximum Gasteiger partial charge on any atom is -0.0195 e. The minimum absolute atomic E-state index is 1.29. The van der Waals surface area contributed by atoms with E-state index in [2.05, 4.69) is 12.3 Å². The van der Waals surface area contributed by atoms with Crippen LogP contribution < -0.4 is 5.73 Å². The van der Waals surface area contributed by atoms with Gasteiger partial charge in [0.05, 0.1) is 0 Å². The van der Waals surface area contributed by atoms with Crippen LogP contribution in [0, 0.1) is 0 Å². The van der Waals surface area contributed by atoms with Crippen LogP contribution in [0.2, 0.25) is 0 Å². The second kappa shape index (κ2) is 4.85. The Morgan fingerprint density at radius 3 is 1.75 bits per heavy atom. The molecule has 1 fully saturated rings. The first-order chi connectivity index (χ1) is 3.89. The summed E-state index contributed by atoms with van der Waals surface area (Å²) in [4.78, 5) is 0. The molecule has 0 aromatic heterocycles. The lowest BCUT2D eigenvalue weighted by molar-refractivity contribution is 0.886. The molecular formula is C7H15N. The van der Waals surface area contributed by atoms with E-state index in [0.29, 0.717) is 0 Å². The Morgan fingerprint density at radius 2 is 1.62 bits per heavy atom. The molecule has 0 saturated heterocycles. The lowest BCUT2D eigenvalue weighted by Gasteiger charge is -1.80. The molecule has 0 atom stereocenters.